The number of hydrogen-bond donors (Lipinski definition) is 1. The summed E-state index contributed by atoms with van der Waals surface area (Å²) >= 11 is 0. The Morgan fingerprint density at radius 2 is 1.90 bits per heavy atom. The fraction of sp³-hybridized carbons (Fsp3) is 0.941. The molecule has 1 saturated carbocycles. The molecular weight excluding hydrogens is 262 g/mol. The van der Waals surface area contributed by atoms with Crippen molar-refractivity contribution in [3.8, 4) is 0 Å². The Bertz CT molecular complexity index is 352. The van der Waals surface area contributed by atoms with Crippen LogP contribution < -0.4 is 5.32 Å². The highest BCUT2D eigenvalue weighted by Gasteiger charge is 2.46. The Morgan fingerprint density at radius 3 is 2.43 bits per heavy atom. The summed E-state index contributed by atoms with van der Waals surface area (Å²) in [7, 11) is 4.17. The van der Waals surface area contributed by atoms with E-state index in [0.717, 1.165) is 13.0 Å². The molecule has 0 aromatic heterocycles. The lowest BCUT2D eigenvalue weighted by Gasteiger charge is -2.35. The highest BCUT2D eigenvalue weighted by atomic mass is 16.2. The number of rotatable bonds is 6. The lowest BCUT2D eigenvalue weighted by molar-refractivity contribution is -0.133. The summed E-state index contributed by atoms with van der Waals surface area (Å²) < 4.78 is 0. The van der Waals surface area contributed by atoms with Gasteiger partial charge in [-0.3, -0.25) is 10.1 Å². The van der Waals surface area contributed by atoms with Crippen molar-refractivity contribution in [1.82, 2.24) is 15.1 Å². The molecule has 1 saturated heterocycles. The van der Waals surface area contributed by atoms with E-state index in [9.17, 15) is 4.79 Å². The summed E-state index contributed by atoms with van der Waals surface area (Å²) in [6, 6.07) is 0.296. The van der Waals surface area contributed by atoms with Crippen molar-refractivity contribution >= 4 is 5.91 Å². The van der Waals surface area contributed by atoms with E-state index in [1.165, 1.54) is 25.7 Å². The molecule has 21 heavy (non-hydrogen) atoms. The normalized spacial score (nSPS) is 30.4. The average molecular weight is 295 g/mol. The molecule has 1 heterocycles. The molecule has 4 heteroatoms. The van der Waals surface area contributed by atoms with E-state index in [-0.39, 0.29) is 18.2 Å². The van der Waals surface area contributed by atoms with Crippen molar-refractivity contribution in [2.75, 3.05) is 20.6 Å². The van der Waals surface area contributed by atoms with Gasteiger partial charge in [0, 0.05) is 12.6 Å². The maximum absolute atomic E-state index is 12.9. The quantitative estimate of drug-likeness (QED) is 0.817. The van der Waals surface area contributed by atoms with Crippen molar-refractivity contribution in [2.45, 2.75) is 71.1 Å². The SMILES string of the molecule is CCC(C)C1NC(C2CCCC2)N(C(C)CN(C)C)C1=O. The van der Waals surface area contributed by atoms with Crippen molar-refractivity contribution in [1.29, 1.82) is 0 Å². The number of nitrogens with zero attached hydrogens (tertiary/aromatic N) is 2. The molecule has 1 aliphatic carbocycles. The van der Waals surface area contributed by atoms with Crippen LogP contribution in [0.4, 0.5) is 0 Å². The van der Waals surface area contributed by atoms with Gasteiger partial charge in [0.05, 0.1) is 12.2 Å². The van der Waals surface area contributed by atoms with Crippen LogP contribution in [0.25, 0.3) is 0 Å². The lowest BCUT2D eigenvalue weighted by atomic mass is 9.99. The average Bonchev–Trinajstić information content (AvgIpc) is 3.04. The zero-order valence-corrected chi connectivity index (χ0v) is 14.4. The van der Waals surface area contributed by atoms with Crippen molar-refractivity contribution in [3.05, 3.63) is 0 Å². The smallest absolute Gasteiger partial charge is 0.241 e. The van der Waals surface area contributed by atoms with Gasteiger partial charge in [-0.15, -0.1) is 0 Å². The van der Waals surface area contributed by atoms with E-state index in [4.69, 9.17) is 0 Å². The highest BCUT2D eigenvalue weighted by molar-refractivity contribution is 5.85. The first kappa shape index (κ1) is 16.8. The third kappa shape index (κ3) is 3.59. The molecule has 1 aliphatic heterocycles. The number of amides is 1. The largest absolute Gasteiger partial charge is 0.322 e. The Morgan fingerprint density at radius 1 is 1.29 bits per heavy atom. The molecule has 4 nitrogen and oxygen atoms in total. The van der Waals surface area contributed by atoms with Gasteiger partial charge in [0.2, 0.25) is 5.91 Å². The summed E-state index contributed by atoms with van der Waals surface area (Å²) in [5.74, 6) is 1.39. The molecule has 2 fully saturated rings. The van der Waals surface area contributed by atoms with Gasteiger partial charge in [0.1, 0.15) is 0 Å². The van der Waals surface area contributed by atoms with Crippen LogP contribution in [0.1, 0.15) is 52.9 Å². The molecule has 0 bridgehead atoms. The van der Waals surface area contributed by atoms with Crippen molar-refractivity contribution in [2.24, 2.45) is 11.8 Å². The van der Waals surface area contributed by atoms with E-state index in [0.29, 0.717) is 17.7 Å². The number of carbonyl (C=O) groups is 1. The van der Waals surface area contributed by atoms with Gasteiger partial charge < -0.3 is 9.80 Å². The fourth-order valence-corrected chi connectivity index (χ4v) is 4.02. The summed E-state index contributed by atoms with van der Waals surface area (Å²) in [6.07, 6.45) is 6.49. The van der Waals surface area contributed by atoms with Crippen LogP contribution in [-0.4, -0.2) is 54.6 Å². The van der Waals surface area contributed by atoms with Crippen LogP contribution in [0, 0.1) is 11.8 Å². The zero-order valence-electron chi connectivity index (χ0n) is 14.4. The third-order valence-electron chi connectivity index (χ3n) is 5.33. The molecule has 0 aromatic rings. The fourth-order valence-electron chi connectivity index (χ4n) is 4.02. The molecule has 4 unspecified atom stereocenters. The molecule has 2 aliphatic rings. The summed E-state index contributed by atoms with van der Waals surface area (Å²) in [5.41, 5.74) is 0. The minimum Gasteiger partial charge on any atom is -0.322 e. The van der Waals surface area contributed by atoms with Gasteiger partial charge in [0.25, 0.3) is 0 Å². The summed E-state index contributed by atoms with van der Waals surface area (Å²) in [4.78, 5) is 17.3. The highest BCUT2D eigenvalue weighted by Crippen LogP contribution is 2.34. The van der Waals surface area contributed by atoms with Crippen molar-refractivity contribution < 1.29 is 4.79 Å². The van der Waals surface area contributed by atoms with Crippen molar-refractivity contribution in [3.63, 3.8) is 0 Å². The molecule has 0 spiro atoms. The molecule has 1 N–H and O–H groups in total. The Balaban J connectivity index is 2.16. The lowest BCUT2D eigenvalue weighted by Crippen LogP contribution is -2.50. The van der Waals surface area contributed by atoms with Crippen LogP contribution in [0.2, 0.25) is 0 Å². The number of nitrogens with one attached hydrogen (secondary N) is 1. The van der Waals surface area contributed by atoms with E-state index >= 15 is 0 Å². The van der Waals surface area contributed by atoms with Crippen LogP contribution in [0.15, 0.2) is 0 Å². The number of hydrogen-bond acceptors (Lipinski definition) is 3. The molecule has 2 rings (SSSR count). The number of likely N-dealkylation sites (N-methyl/N-ethyl adjacent to an activating group) is 1. The minimum absolute atomic E-state index is 0.0187. The van der Waals surface area contributed by atoms with Crippen LogP contribution >= 0.6 is 0 Å². The molecule has 1 amide bonds. The minimum atomic E-state index is 0.0187. The summed E-state index contributed by atoms with van der Waals surface area (Å²) in [5, 5.41) is 3.70. The van der Waals surface area contributed by atoms with Gasteiger partial charge in [-0.1, -0.05) is 33.1 Å². The second kappa shape index (κ2) is 7.10. The first-order chi connectivity index (χ1) is 9.95. The third-order valence-corrected chi connectivity index (χ3v) is 5.33. The monoisotopic (exact) mass is 295 g/mol. The summed E-state index contributed by atoms with van der Waals surface area (Å²) in [6.45, 7) is 7.50. The van der Waals surface area contributed by atoms with Gasteiger partial charge >= 0.3 is 0 Å². The standard InChI is InChI=1S/C17H33N3O/c1-6-12(2)15-17(21)20(13(3)11-19(4)5)16(18-15)14-9-7-8-10-14/h12-16,18H,6-11H2,1-5H3. The molecule has 0 aromatic carbocycles. The van der Waals surface area contributed by atoms with Crippen LogP contribution in [0.5, 0.6) is 0 Å². The Kier molecular flexibility index (Phi) is 5.67. The van der Waals surface area contributed by atoms with Crippen LogP contribution in [0.3, 0.4) is 0 Å². The number of carbonyl (C=O) groups excluding carboxylic acids is 1. The second-order valence-corrected chi connectivity index (χ2v) is 7.38. The predicted molar refractivity (Wildman–Crippen MR) is 87.0 cm³/mol. The van der Waals surface area contributed by atoms with E-state index < -0.39 is 0 Å². The van der Waals surface area contributed by atoms with E-state index in [1.54, 1.807) is 0 Å². The predicted octanol–water partition coefficient (Wildman–Crippen LogP) is 2.30. The molecular formula is C17H33N3O. The van der Waals surface area contributed by atoms with E-state index in [2.05, 4.69) is 50.0 Å². The zero-order chi connectivity index (χ0) is 15.6. The molecule has 122 valence electrons. The Labute approximate surface area is 130 Å². The first-order valence-corrected chi connectivity index (χ1v) is 8.68. The maximum Gasteiger partial charge on any atom is 0.241 e. The van der Waals surface area contributed by atoms with Gasteiger partial charge in [-0.2, -0.15) is 0 Å². The van der Waals surface area contributed by atoms with Crippen LogP contribution in [-0.2, 0) is 4.79 Å². The first-order valence-electron chi connectivity index (χ1n) is 8.68. The van der Waals surface area contributed by atoms with Gasteiger partial charge in [-0.05, 0) is 45.7 Å². The van der Waals surface area contributed by atoms with Gasteiger partial charge in [0.15, 0.2) is 0 Å². The topological polar surface area (TPSA) is 35.6 Å². The second-order valence-electron chi connectivity index (χ2n) is 7.38. The molecule has 0 radical (unpaired) electrons. The molecule has 4 atom stereocenters. The van der Waals surface area contributed by atoms with Gasteiger partial charge in [-0.25, -0.2) is 0 Å². The maximum atomic E-state index is 12.9. The van der Waals surface area contributed by atoms with E-state index in [1.807, 2.05) is 0 Å². The Hall–Kier alpha value is -0.610.